The van der Waals surface area contributed by atoms with Gasteiger partial charge in [0.15, 0.2) is 7.83 Å². The fourth-order valence-corrected chi connectivity index (χ4v) is 2.80. The number of Topliss-reactive ketones (excluding diaryl/α,β-unsaturated/α-hetero) is 1. The first-order valence-electron chi connectivity index (χ1n) is 4.89. The molecule has 0 fully saturated rings. The maximum absolute atomic E-state index is 11.0. The molecule has 8 nitrogen and oxygen atoms in total. The molecule has 2 heterocycles. The Balaban J connectivity index is 0.000000240. The maximum Gasteiger partial charge on any atom is 0.233 e. The summed E-state index contributed by atoms with van der Waals surface area (Å²) >= 11 is 8.71. The van der Waals surface area contributed by atoms with Crippen molar-refractivity contribution in [2.75, 3.05) is 11.1 Å². The molecular formula is C8H8Br2N6O2S2. The number of nitrogens with one attached hydrogen (secondary N) is 1. The van der Waals surface area contributed by atoms with E-state index in [4.69, 9.17) is 5.73 Å². The average molecular weight is 444 g/mol. The number of rotatable bonds is 3. The van der Waals surface area contributed by atoms with E-state index in [1.165, 1.54) is 29.6 Å². The Kier molecular flexibility index (Phi) is 7.12. The van der Waals surface area contributed by atoms with E-state index in [9.17, 15) is 9.59 Å². The fourth-order valence-electron chi connectivity index (χ4n) is 0.861. The van der Waals surface area contributed by atoms with Gasteiger partial charge in [0.2, 0.25) is 16.2 Å². The van der Waals surface area contributed by atoms with E-state index in [0.29, 0.717) is 14.2 Å². The van der Waals surface area contributed by atoms with Crippen molar-refractivity contribution in [1.82, 2.24) is 20.4 Å². The van der Waals surface area contributed by atoms with Gasteiger partial charge in [0.1, 0.15) is 5.78 Å². The van der Waals surface area contributed by atoms with Crippen LogP contribution >= 0.6 is 54.5 Å². The van der Waals surface area contributed by atoms with Crippen molar-refractivity contribution >= 4 is 76.5 Å². The Bertz CT molecular complexity index is 585. The van der Waals surface area contributed by atoms with Gasteiger partial charge in [-0.25, -0.2) is 0 Å². The number of ketones is 1. The second kappa shape index (κ2) is 8.34. The van der Waals surface area contributed by atoms with Crippen molar-refractivity contribution in [1.29, 1.82) is 0 Å². The predicted octanol–water partition coefficient (Wildman–Crippen LogP) is 2.10. The quantitative estimate of drug-likeness (QED) is 0.695. The molecule has 1 amide bonds. The van der Waals surface area contributed by atoms with Crippen molar-refractivity contribution in [3.05, 3.63) is 7.83 Å². The average Bonchev–Trinajstić information content (AvgIpc) is 2.87. The summed E-state index contributed by atoms with van der Waals surface area (Å²) in [5.74, 6) is -0.544. The molecular weight excluding hydrogens is 436 g/mol. The molecule has 0 unspecified atom stereocenters. The zero-order valence-corrected chi connectivity index (χ0v) is 14.8. The molecule has 12 heteroatoms. The molecule has 0 aliphatic heterocycles. The minimum atomic E-state index is -0.365. The van der Waals surface area contributed by atoms with Crippen molar-refractivity contribution in [2.45, 2.75) is 13.3 Å². The number of amides is 1. The summed E-state index contributed by atoms with van der Waals surface area (Å²) in [6.07, 6.45) is -0.128. The molecule has 3 N–H and O–H groups in total. The van der Waals surface area contributed by atoms with Gasteiger partial charge in [0.25, 0.3) is 0 Å². The van der Waals surface area contributed by atoms with E-state index in [0.717, 1.165) is 3.92 Å². The summed E-state index contributed by atoms with van der Waals surface area (Å²) in [6.45, 7) is 1.36. The molecule has 2 aromatic rings. The second-order valence-electron chi connectivity index (χ2n) is 3.18. The molecule has 108 valence electrons. The summed E-state index contributed by atoms with van der Waals surface area (Å²) in [7, 11) is 0. The Hall–Kier alpha value is -0.980. The van der Waals surface area contributed by atoms with Gasteiger partial charge in [-0.15, -0.1) is 20.4 Å². The van der Waals surface area contributed by atoms with Crippen molar-refractivity contribution in [2.24, 2.45) is 0 Å². The van der Waals surface area contributed by atoms with Gasteiger partial charge in [0.05, 0.1) is 6.42 Å². The lowest BCUT2D eigenvalue weighted by molar-refractivity contribution is -0.124. The van der Waals surface area contributed by atoms with Crippen molar-refractivity contribution in [3.63, 3.8) is 0 Å². The number of anilines is 2. The summed E-state index contributed by atoms with van der Waals surface area (Å²) in [4.78, 5) is 21.6. The minimum absolute atomic E-state index is 0.128. The molecule has 2 rings (SSSR count). The first-order chi connectivity index (χ1) is 9.36. The lowest BCUT2D eigenvalue weighted by atomic mass is 10.3. The topological polar surface area (TPSA) is 124 Å². The molecule has 0 aliphatic rings. The number of aromatic nitrogens is 4. The van der Waals surface area contributed by atoms with E-state index in [1.807, 2.05) is 0 Å². The molecule has 0 saturated heterocycles. The molecule has 0 radical (unpaired) electrons. The third-order valence-corrected chi connectivity index (χ3v) is 3.93. The molecule has 0 aromatic carbocycles. The third-order valence-electron chi connectivity index (χ3n) is 1.47. The zero-order chi connectivity index (χ0) is 15.1. The molecule has 20 heavy (non-hydrogen) atoms. The molecule has 0 aliphatic carbocycles. The van der Waals surface area contributed by atoms with Gasteiger partial charge < -0.3 is 11.1 Å². The van der Waals surface area contributed by atoms with E-state index >= 15 is 0 Å². The molecule has 0 spiro atoms. The number of nitrogens with two attached hydrogens (primary N) is 1. The summed E-state index contributed by atoms with van der Waals surface area (Å²) in [5, 5.41) is 17.7. The Morgan fingerprint density at radius 2 is 1.75 bits per heavy atom. The summed E-state index contributed by atoms with van der Waals surface area (Å²) in [6, 6.07) is 0. The van der Waals surface area contributed by atoms with Crippen LogP contribution in [0.2, 0.25) is 0 Å². The highest BCUT2D eigenvalue weighted by Crippen LogP contribution is 2.19. The summed E-state index contributed by atoms with van der Waals surface area (Å²) < 4.78 is 1.32. The number of carbonyl (C=O) groups excluding carboxylic acids is 2. The number of halogens is 2. The smallest absolute Gasteiger partial charge is 0.233 e. The highest BCUT2D eigenvalue weighted by Gasteiger charge is 2.08. The lowest BCUT2D eigenvalue weighted by Gasteiger charge is -1.96. The van der Waals surface area contributed by atoms with Crippen LogP contribution in [-0.4, -0.2) is 32.1 Å². The van der Waals surface area contributed by atoms with Crippen LogP contribution in [-0.2, 0) is 9.59 Å². The Labute approximate surface area is 138 Å². The van der Waals surface area contributed by atoms with Crippen LogP contribution in [0.25, 0.3) is 0 Å². The van der Waals surface area contributed by atoms with Gasteiger partial charge in [-0.3, -0.25) is 9.59 Å². The SMILES string of the molecule is CC(=O)CC(=O)Nc1nnc(Br)s1.Nc1nnc(Br)s1. The van der Waals surface area contributed by atoms with E-state index in [2.05, 4.69) is 57.6 Å². The number of nitrogen functional groups attached to an aromatic ring is 1. The largest absolute Gasteiger partial charge is 0.374 e. The van der Waals surface area contributed by atoms with Crippen LogP contribution in [0.5, 0.6) is 0 Å². The normalized spacial score (nSPS) is 9.55. The van der Waals surface area contributed by atoms with Crippen LogP contribution in [0.4, 0.5) is 10.3 Å². The maximum atomic E-state index is 11.0. The van der Waals surface area contributed by atoms with Gasteiger partial charge in [-0.05, 0) is 38.8 Å². The van der Waals surface area contributed by atoms with Crippen molar-refractivity contribution < 1.29 is 9.59 Å². The standard InChI is InChI=1S/C6H6BrN3O2S.C2H2BrN3S/c1-3(11)2-4(12)8-6-10-9-5(7)13-6;3-1-5-6-2(4)7-1/h2H2,1H3,(H,8,10,12);(H2,4,6). The Morgan fingerprint density at radius 1 is 1.15 bits per heavy atom. The van der Waals surface area contributed by atoms with Crippen LogP contribution in [0, 0.1) is 0 Å². The van der Waals surface area contributed by atoms with Crippen LogP contribution < -0.4 is 11.1 Å². The third kappa shape index (κ3) is 6.98. The van der Waals surface area contributed by atoms with Gasteiger partial charge in [0, 0.05) is 0 Å². The monoisotopic (exact) mass is 442 g/mol. The van der Waals surface area contributed by atoms with E-state index < -0.39 is 0 Å². The highest BCUT2D eigenvalue weighted by molar-refractivity contribution is 9.11. The zero-order valence-electron chi connectivity index (χ0n) is 9.96. The van der Waals surface area contributed by atoms with Crippen molar-refractivity contribution in [3.8, 4) is 0 Å². The first-order valence-corrected chi connectivity index (χ1v) is 8.11. The highest BCUT2D eigenvalue weighted by atomic mass is 79.9. The molecule has 0 atom stereocenters. The van der Waals surface area contributed by atoms with Crippen LogP contribution in [0.3, 0.4) is 0 Å². The van der Waals surface area contributed by atoms with Crippen LogP contribution in [0.1, 0.15) is 13.3 Å². The minimum Gasteiger partial charge on any atom is -0.374 e. The molecule has 0 saturated carbocycles. The van der Waals surface area contributed by atoms with Gasteiger partial charge in [-0.1, -0.05) is 22.7 Å². The van der Waals surface area contributed by atoms with E-state index in [1.54, 1.807) is 0 Å². The number of carbonyl (C=O) groups is 2. The van der Waals surface area contributed by atoms with Gasteiger partial charge in [-0.2, -0.15) is 0 Å². The number of hydrogen-bond donors (Lipinski definition) is 2. The number of nitrogens with zero attached hydrogens (tertiary/aromatic N) is 4. The second-order valence-corrected chi connectivity index (χ2v) is 7.72. The predicted molar refractivity (Wildman–Crippen MR) is 83.6 cm³/mol. The molecule has 0 bridgehead atoms. The van der Waals surface area contributed by atoms with Gasteiger partial charge >= 0.3 is 0 Å². The molecule has 2 aromatic heterocycles. The van der Waals surface area contributed by atoms with E-state index in [-0.39, 0.29) is 18.1 Å². The van der Waals surface area contributed by atoms with Crippen LogP contribution in [0.15, 0.2) is 7.83 Å². The lowest BCUT2D eigenvalue weighted by Crippen LogP contribution is -2.14. The fraction of sp³-hybridized carbons (Fsp3) is 0.250. The first kappa shape index (κ1) is 17.1. The number of hydrogen-bond acceptors (Lipinski definition) is 9. The summed E-state index contributed by atoms with van der Waals surface area (Å²) in [5.41, 5.74) is 5.19. The Morgan fingerprint density at radius 3 is 2.10 bits per heavy atom.